The van der Waals surface area contributed by atoms with Crippen LogP contribution in [0.4, 0.5) is 15.8 Å². The Hall–Kier alpha value is -1.65. The lowest BCUT2D eigenvalue weighted by Gasteiger charge is -2.26. The van der Waals surface area contributed by atoms with E-state index in [9.17, 15) is 14.5 Å². The van der Waals surface area contributed by atoms with Crippen molar-refractivity contribution >= 4 is 11.4 Å². The zero-order chi connectivity index (χ0) is 14.5. The van der Waals surface area contributed by atoms with Gasteiger partial charge in [-0.25, -0.2) is 0 Å². The summed E-state index contributed by atoms with van der Waals surface area (Å²) in [5.41, 5.74) is -0.177. The molecule has 0 radical (unpaired) electrons. The molecule has 1 aliphatic carbocycles. The van der Waals surface area contributed by atoms with Gasteiger partial charge in [-0.05, 0) is 30.4 Å². The summed E-state index contributed by atoms with van der Waals surface area (Å²) in [6, 6.07) is 4.17. The number of hydrogen-bond acceptors (Lipinski definition) is 3. The van der Waals surface area contributed by atoms with E-state index in [1.165, 1.54) is 31.7 Å². The summed E-state index contributed by atoms with van der Waals surface area (Å²) < 4.78 is 13.4. The summed E-state index contributed by atoms with van der Waals surface area (Å²) >= 11 is 0. The number of hydrogen-bond donors (Lipinski definition) is 1. The molecule has 1 fully saturated rings. The average Bonchev–Trinajstić information content (AvgIpc) is 2.40. The molecule has 1 N–H and O–H groups in total. The van der Waals surface area contributed by atoms with Gasteiger partial charge in [-0.3, -0.25) is 10.1 Å². The molecule has 0 unspecified atom stereocenters. The highest BCUT2D eigenvalue weighted by molar-refractivity contribution is 5.61. The van der Waals surface area contributed by atoms with Gasteiger partial charge in [-0.15, -0.1) is 0 Å². The number of anilines is 1. The minimum absolute atomic E-state index is 0.277. The van der Waals surface area contributed by atoms with E-state index in [2.05, 4.69) is 12.2 Å². The van der Waals surface area contributed by atoms with Gasteiger partial charge in [0.1, 0.15) is 5.69 Å². The molecule has 0 amide bonds. The second-order valence-electron chi connectivity index (χ2n) is 5.73. The van der Waals surface area contributed by atoms with Crippen molar-refractivity contribution in [2.45, 2.75) is 39.0 Å². The number of benzene rings is 1. The Kier molecular flexibility index (Phi) is 4.93. The standard InChI is InChI=1S/C15H21FN2O2/c1-11-5-7-12(8-6-11)9-10-17-14-4-2-3-13(16)15(14)18(19)20/h2-4,11-12,17H,5-10H2,1H3. The molecule has 1 aromatic rings. The summed E-state index contributed by atoms with van der Waals surface area (Å²) in [6.45, 7) is 2.94. The number of nitrogens with zero attached hydrogens (tertiary/aromatic N) is 1. The van der Waals surface area contributed by atoms with Crippen LogP contribution in [0.5, 0.6) is 0 Å². The fourth-order valence-corrected chi connectivity index (χ4v) is 2.87. The minimum Gasteiger partial charge on any atom is -0.379 e. The predicted octanol–water partition coefficient (Wildman–Crippen LogP) is 4.36. The Bertz CT molecular complexity index is 471. The van der Waals surface area contributed by atoms with Gasteiger partial charge in [-0.2, -0.15) is 4.39 Å². The maximum absolute atomic E-state index is 13.4. The van der Waals surface area contributed by atoms with Crippen molar-refractivity contribution in [2.24, 2.45) is 11.8 Å². The van der Waals surface area contributed by atoms with Crippen molar-refractivity contribution in [2.75, 3.05) is 11.9 Å². The van der Waals surface area contributed by atoms with Gasteiger partial charge in [0.2, 0.25) is 5.82 Å². The van der Waals surface area contributed by atoms with Crippen LogP contribution >= 0.6 is 0 Å². The van der Waals surface area contributed by atoms with E-state index in [1.54, 1.807) is 6.07 Å². The van der Waals surface area contributed by atoms with Crippen LogP contribution in [0.25, 0.3) is 0 Å². The Labute approximate surface area is 118 Å². The van der Waals surface area contributed by atoms with Crippen LogP contribution in [0.1, 0.15) is 39.0 Å². The van der Waals surface area contributed by atoms with Crippen molar-refractivity contribution in [3.8, 4) is 0 Å². The molecule has 20 heavy (non-hydrogen) atoms. The highest BCUT2D eigenvalue weighted by Gasteiger charge is 2.21. The van der Waals surface area contributed by atoms with E-state index < -0.39 is 16.4 Å². The Balaban J connectivity index is 1.88. The molecule has 5 heteroatoms. The van der Waals surface area contributed by atoms with Crippen molar-refractivity contribution in [1.82, 2.24) is 0 Å². The van der Waals surface area contributed by atoms with Gasteiger partial charge in [-0.1, -0.05) is 38.7 Å². The van der Waals surface area contributed by atoms with Crippen LogP contribution in [-0.2, 0) is 0 Å². The minimum atomic E-state index is -0.786. The molecule has 1 aliphatic rings. The normalized spacial score (nSPS) is 22.5. The Morgan fingerprint density at radius 3 is 2.70 bits per heavy atom. The highest BCUT2D eigenvalue weighted by atomic mass is 19.1. The third-order valence-corrected chi connectivity index (χ3v) is 4.17. The second kappa shape index (κ2) is 6.68. The van der Waals surface area contributed by atoms with E-state index in [0.29, 0.717) is 12.5 Å². The molecule has 110 valence electrons. The van der Waals surface area contributed by atoms with E-state index >= 15 is 0 Å². The summed E-state index contributed by atoms with van der Waals surface area (Å²) in [5.74, 6) is 0.723. The van der Waals surface area contributed by atoms with E-state index in [4.69, 9.17) is 0 Å². The molecular weight excluding hydrogens is 259 g/mol. The molecule has 0 atom stereocenters. The van der Waals surface area contributed by atoms with Crippen molar-refractivity contribution in [3.63, 3.8) is 0 Å². The molecule has 4 nitrogen and oxygen atoms in total. The first kappa shape index (κ1) is 14.8. The highest BCUT2D eigenvalue weighted by Crippen LogP contribution is 2.31. The van der Waals surface area contributed by atoms with Crippen LogP contribution < -0.4 is 5.32 Å². The van der Waals surface area contributed by atoms with E-state index in [1.807, 2.05) is 0 Å². The van der Waals surface area contributed by atoms with Crippen LogP contribution in [0, 0.1) is 27.8 Å². The average molecular weight is 280 g/mol. The van der Waals surface area contributed by atoms with Crippen LogP contribution in [-0.4, -0.2) is 11.5 Å². The molecule has 1 aromatic carbocycles. The first-order chi connectivity index (χ1) is 9.58. The van der Waals surface area contributed by atoms with Gasteiger partial charge in [0, 0.05) is 6.54 Å². The smallest absolute Gasteiger partial charge is 0.327 e. The molecule has 0 aliphatic heterocycles. The van der Waals surface area contributed by atoms with Crippen LogP contribution in [0.3, 0.4) is 0 Å². The SMILES string of the molecule is CC1CCC(CCNc2cccc(F)c2[N+](=O)[O-])CC1. The number of nitro groups is 1. The van der Waals surface area contributed by atoms with Gasteiger partial charge < -0.3 is 5.32 Å². The van der Waals surface area contributed by atoms with Gasteiger partial charge in [0.15, 0.2) is 0 Å². The third-order valence-electron chi connectivity index (χ3n) is 4.17. The second-order valence-corrected chi connectivity index (χ2v) is 5.73. The summed E-state index contributed by atoms with van der Waals surface area (Å²) in [4.78, 5) is 10.2. The zero-order valence-corrected chi connectivity index (χ0v) is 11.8. The predicted molar refractivity (Wildman–Crippen MR) is 77.3 cm³/mol. The maximum Gasteiger partial charge on any atom is 0.327 e. The fourth-order valence-electron chi connectivity index (χ4n) is 2.87. The zero-order valence-electron chi connectivity index (χ0n) is 11.8. The molecule has 0 spiro atoms. The lowest BCUT2D eigenvalue weighted by atomic mass is 9.81. The molecule has 0 bridgehead atoms. The van der Waals surface area contributed by atoms with Crippen LogP contribution in [0.15, 0.2) is 18.2 Å². The first-order valence-electron chi connectivity index (χ1n) is 7.24. The summed E-state index contributed by atoms with van der Waals surface area (Å²) in [6.07, 6.45) is 5.98. The molecule has 0 saturated heterocycles. The monoisotopic (exact) mass is 280 g/mol. The van der Waals surface area contributed by atoms with Crippen molar-refractivity contribution < 1.29 is 9.31 Å². The third kappa shape index (κ3) is 3.68. The lowest BCUT2D eigenvalue weighted by Crippen LogP contribution is -2.16. The van der Waals surface area contributed by atoms with E-state index in [-0.39, 0.29) is 5.69 Å². The quantitative estimate of drug-likeness (QED) is 0.644. The number of rotatable bonds is 5. The number of para-hydroxylation sites is 1. The Morgan fingerprint density at radius 1 is 1.35 bits per heavy atom. The number of nitrogens with one attached hydrogen (secondary N) is 1. The largest absolute Gasteiger partial charge is 0.379 e. The van der Waals surface area contributed by atoms with Crippen molar-refractivity contribution in [3.05, 3.63) is 34.1 Å². The molecule has 2 rings (SSSR count). The summed E-state index contributed by atoms with van der Waals surface area (Å²) in [7, 11) is 0. The molecular formula is C15H21FN2O2. The Morgan fingerprint density at radius 2 is 2.05 bits per heavy atom. The van der Waals surface area contributed by atoms with Crippen molar-refractivity contribution in [1.29, 1.82) is 0 Å². The first-order valence-corrected chi connectivity index (χ1v) is 7.24. The van der Waals surface area contributed by atoms with E-state index in [0.717, 1.165) is 18.4 Å². The van der Waals surface area contributed by atoms with Gasteiger partial charge in [0.25, 0.3) is 0 Å². The van der Waals surface area contributed by atoms with Gasteiger partial charge >= 0.3 is 5.69 Å². The molecule has 1 saturated carbocycles. The topological polar surface area (TPSA) is 55.2 Å². The molecule has 0 aromatic heterocycles. The maximum atomic E-state index is 13.4. The number of halogens is 1. The summed E-state index contributed by atoms with van der Waals surface area (Å²) in [5, 5.41) is 13.9. The molecule has 0 heterocycles. The van der Waals surface area contributed by atoms with Gasteiger partial charge in [0.05, 0.1) is 4.92 Å². The fraction of sp³-hybridized carbons (Fsp3) is 0.600. The number of nitro benzene ring substituents is 1. The lowest BCUT2D eigenvalue weighted by molar-refractivity contribution is -0.386. The van der Waals surface area contributed by atoms with Crippen LogP contribution in [0.2, 0.25) is 0 Å².